The number of aryl methyl sites for hydroxylation is 1. The predicted molar refractivity (Wildman–Crippen MR) is 78.3 cm³/mol. The molecule has 0 heterocycles. The lowest BCUT2D eigenvalue weighted by Gasteiger charge is -2.21. The van der Waals surface area contributed by atoms with Gasteiger partial charge in [-0.25, -0.2) is 0 Å². The van der Waals surface area contributed by atoms with Crippen molar-refractivity contribution >= 4 is 11.9 Å². The molecule has 0 atom stereocenters. The molecule has 0 spiro atoms. The highest BCUT2D eigenvalue weighted by molar-refractivity contribution is 5.82. The van der Waals surface area contributed by atoms with Crippen LogP contribution in [0, 0.1) is 0 Å². The Labute approximate surface area is 120 Å². The molecule has 0 radical (unpaired) electrons. The number of ether oxygens (including phenoxy) is 1. The molecule has 4 heteroatoms. The van der Waals surface area contributed by atoms with Gasteiger partial charge in [0, 0.05) is 13.0 Å². The summed E-state index contributed by atoms with van der Waals surface area (Å²) in [5.74, 6) is -0.335. The summed E-state index contributed by atoms with van der Waals surface area (Å²) in [6.07, 6.45) is 1.95. The third kappa shape index (κ3) is 5.87. The van der Waals surface area contributed by atoms with Crippen molar-refractivity contribution in [3.8, 4) is 0 Å². The minimum atomic E-state index is -0.339. The Morgan fingerprint density at radius 3 is 2.45 bits per heavy atom. The van der Waals surface area contributed by atoms with E-state index in [9.17, 15) is 9.59 Å². The highest BCUT2D eigenvalue weighted by Crippen LogP contribution is 2.05. The van der Waals surface area contributed by atoms with Gasteiger partial charge in [0.1, 0.15) is 6.54 Å². The second-order valence-corrected chi connectivity index (χ2v) is 4.61. The summed E-state index contributed by atoms with van der Waals surface area (Å²) < 4.78 is 4.90. The lowest BCUT2D eigenvalue weighted by molar-refractivity contribution is -0.149. The third-order valence-corrected chi connectivity index (χ3v) is 2.94. The highest BCUT2D eigenvalue weighted by Gasteiger charge is 2.16. The largest absolute Gasteiger partial charge is 0.465 e. The lowest BCUT2D eigenvalue weighted by Crippen LogP contribution is -2.37. The fourth-order valence-corrected chi connectivity index (χ4v) is 1.98. The standard InChI is InChI=1S/C16H23NO3/c1-3-12-17(13-16(19)20-4-2)15(18)11-10-14-8-6-5-7-9-14/h5-9H,3-4,10-13H2,1-2H3. The molecule has 1 aromatic rings. The van der Waals surface area contributed by atoms with Crippen molar-refractivity contribution in [2.75, 3.05) is 19.7 Å². The molecule has 110 valence electrons. The van der Waals surface area contributed by atoms with Gasteiger partial charge in [0.25, 0.3) is 0 Å². The van der Waals surface area contributed by atoms with E-state index in [-0.39, 0.29) is 18.4 Å². The van der Waals surface area contributed by atoms with E-state index in [0.29, 0.717) is 26.0 Å². The molecule has 0 unspecified atom stereocenters. The molecule has 0 saturated carbocycles. The highest BCUT2D eigenvalue weighted by atomic mass is 16.5. The number of nitrogens with zero attached hydrogens (tertiary/aromatic N) is 1. The van der Waals surface area contributed by atoms with Crippen LogP contribution in [0.15, 0.2) is 30.3 Å². The molecule has 0 aliphatic rings. The van der Waals surface area contributed by atoms with Crippen molar-refractivity contribution in [2.45, 2.75) is 33.1 Å². The zero-order valence-electron chi connectivity index (χ0n) is 12.3. The topological polar surface area (TPSA) is 46.6 Å². The Kier molecular flexibility index (Phi) is 7.40. The van der Waals surface area contributed by atoms with Crippen LogP contribution < -0.4 is 0 Å². The Bertz CT molecular complexity index is 417. The van der Waals surface area contributed by atoms with Gasteiger partial charge in [0.15, 0.2) is 0 Å². The van der Waals surface area contributed by atoms with E-state index >= 15 is 0 Å². The maximum atomic E-state index is 12.2. The summed E-state index contributed by atoms with van der Waals surface area (Å²) in [7, 11) is 0. The maximum absolute atomic E-state index is 12.2. The molecule has 20 heavy (non-hydrogen) atoms. The van der Waals surface area contributed by atoms with E-state index in [1.807, 2.05) is 37.3 Å². The van der Waals surface area contributed by atoms with Gasteiger partial charge in [-0.2, -0.15) is 0 Å². The Morgan fingerprint density at radius 1 is 1.15 bits per heavy atom. The fraction of sp³-hybridized carbons (Fsp3) is 0.500. The van der Waals surface area contributed by atoms with Gasteiger partial charge < -0.3 is 9.64 Å². The fourth-order valence-electron chi connectivity index (χ4n) is 1.98. The predicted octanol–water partition coefficient (Wildman–Crippen LogP) is 2.42. The molecule has 0 bridgehead atoms. The molecular weight excluding hydrogens is 254 g/mol. The molecule has 4 nitrogen and oxygen atoms in total. The summed E-state index contributed by atoms with van der Waals surface area (Å²) >= 11 is 0. The Hall–Kier alpha value is -1.84. The first kappa shape index (κ1) is 16.2. The van der Waals surface area contributed by atoms with Crippen molar-refractivity contribution in [3.63, 3.8) is 0 Å². The van der Waals surface area contributed by atoms with Gasteiger partial charge in [0.2, 0.25) is 5.91 Å². The number of rotatable bonds is 8. The minimum Gasteiger partial charge on any atom is -0.465 e. The van der Waals surface area contributed by atoms with Crippen molar-refractivity contribution in [1.29, 1.82) is 0 Å². The molecule has 0 aliphatic carbocycles. The quantitative estimate of drug-likeness (QED) is 0.686. The van der Waals surface area contributed by atoms with Crippen LogP contribution in [0.5, 0.6) is 0 Å². The molecule has 1 aromatic carbocycles. The molecule has 0 fully saturated rings. The maximum Gasteiger partial charge on any atom is 0.325 e. The van der Waals surface area contributed by atoms with E-state index in [0.717, 1.165) is 12.0 Å². The number of hydrogen-bond acceptors (Lipinski definition) is 3. The van der Waals surface area contributed by atoms with E-state index in [1.54, 1.807) is 11.8 Å². The smallest absolute Gasteiger partial charge is 0.325 e. The first-order chi connectivity index (χ1) is 9.67. The van der Waals surface area contributed by atoms with Crippen molar-refractivity contribution in [3.05, 3.63) is 35.9 Å². The molecule has 1 amide bonds. The van der Waals surface area contributed by atoms with Crippen LogP contribution in [0.3, 0.4) is 0 Å². The lowest BCUT2D eigenvalue weighted by atomic mass is 10.1. The van der Waals surface area contributed by atoms with Crippen molar-refractivity contribution in [2.24, 2.45) is 0 Å². The van der Waals surface area contributed by atoms with Crippen LogP contribution in [-0.2, 0) is 20.7 Å². The summed E-state index contributed by atoms with van der Waals surface area (Å²) in [5.41, 5.74) is 1.13. The normalized spacial score (nSPS) is 10.1. The van der Waals surface area contributed by atoms with Crippen LogP contribution in [-0.4, -0.2) is 36.5 Å². The second-order valence-electron chi connectivity index (χ2n) is 4.61. The zero-order valence-corrected chi connectivity index (χ0v) is 12.3. The number of benzene rings is 1. The number of esters is 1. The van der Waals surface area contributed by atoms with Crippen molar-refractivity contribution in [1.82, 2.24) is 4.90 Å². The summed E-state index contributed by atoms with van der Waals surface area (Å²) in [6.45, 7) is 4.74. The minimum absolute atomic E-state index is 0.00348. The summed E-state index contributed by atoms with van der Waals surface area (Å²) in [4.78, 5) is 25.2. The van der Waals surface area contributed by atoms with Gasteiger partial charge in [-0.05, 0) is 25.3 Å². The van der Waals surface area contributed by atoms with Crippen LogP contribution in [0.4, 0.5) is 0 Å². The Morgan fingerprint density at radius 2 is 1.85 bits per heavy atom. The number of amides is 1. The SMILES string of the molecule is CCCN(CC(=O)OCC)C(=O)CCc1ccccc1. The average Bonchev–Trinajstić information content (AvgIpc) is 2.45. The molecule has 0 saturated heterocycles. The third-order valence-electron chi connectivity index (χ3n) is 2.94. The number of carbonyl (C=O) groups is 2. The molecule has 0 N–H and O–H groups in total. The summed E-state index contributed by atoms with van der Waals surface area (Å²) in [5, 5.41) is 0. The van der Waals surface area contributed by atoms with E-state index in [2.05, 4.69) is 0 Å². The van der Waals surface area contributed by atoms with Crippen LogP contribution >= 0.6 is 0 Å². The van der Waals surface area contributed by atoms with Gasteiger partial charge in [-0.3, -0.25) is 9.59 Å². The monoisotopic (exact) mass is 277 g/mol. The average molecular weight is 277 g/mol. The van der Waals surface area contributed by atoms with E-state index in [1.165, 1.54) is 0 Å². The van der Waals surface area contributed by atoms with Gasteiger partial charge in [-0.1, -0.05) is 37.3 Å². The van der Waals surface area contributed by atoms with Gasteiger partial charge in [-0.15, -0.1) is 0 Å². The van der Waals surface area contributed by atoms with Crippen LogP contribution in [0.1, 0.15) is 32.3 Å². The number of carbonyl (C=O) groups excluding carboxylic acids is 2. The van der Waals surface area contributed by atoms with Gasteiger partial charge >= 0.3 is 5.97 Å². The summed E-state index contributed by atoms with van der Waals surface area (Å²) in [6, 6.07) is 9.88. The number of hydrogen-bond donors (Lipinski definition) is 0. The molecular formula is C16H23NO3. The Balaban J connectivity index is 2.49. The van der Waals surface area contributed by atoms with E-state index in [4.69, 9.17) is 4.74 Å². The van der Waals surface area contributed by atoms with E-state index < -0.39 is 0 Å². The first-order valence-corrected chi connectivity index (χ1v) is 7.14. The van der Waals surface area contributed by atoms with Crippen LogP contribution in [0.2, 0.25) is 0 Å². The molecule has 0 aliphatic heterocycles. The van der Waals surface area contributed by atoms with Crippen LogP contribution in [0.25, 0.3) is 0 Å². The first-order valence-electron chi connectivity index (χ1n) is 7.14. The zero-order chi connectivity index (χ0) is 14.8. The molecule has 0 aromatic heterocycles. The second kappa shape index (κ2) is 9.13. The van der Waals surface area contributed by atoms with Crippen molar-refractivity contribution < 1.29 is 14.3 Å². The molecule has 1 rings (SSSR count). The van der Waals surface area contributed by atoms with Gasteiger partial charge in [0.05, 0.1) is 6.61 Å².